The number of benzene rings is 1. The van der Waals surface area contributed by atoms with Gasteiger partial charge in [0.25, 0.3) is 5.91 Å². The molecular formula is C12H15F3N2OS. The molecule has 0 saturated heterocycles. The van der Waals surface area contributed by atoms with Gasteiger partial charge in [-0.1, -0.05) is 6.92 Å². The summed E-state index contributed by atoms with van der Waals surface area (Å²) in [4.78, 5) is 11.7. The molecule has 0 aliphatic carbocycles. The summed E-state index contributed by atoms with van der Waals surface area (Å²) in [5.74, 6) is -0.536. The van der Waals surface area contributed by atoms with Crippen LogP contribution >= 0.6 is 11.8 Å². The summed E-state index contributed by atoms with van der Waals surface area (Å²) in [7, 11) is 0. The SMILES string of the molecule is CSC(C)CNC(=O)c1ccc(N)c(C(F)(F)F)c1. The van der Waals surface area contributed by atoms with Crippen molar-refractivity contribution in [2.75, 3.05) is 18.5 Å². The van der Waals surface area contributed by atoms with Crippen LogP contribution in [0.25, 0.3) is 0 Å². The van der Waals surface area contributed by atoms with Crippen LogP contribution in [0, 0.1) is 0 Å². The summed E-state index contributed by atoms with van der Waals surface area (Å²) in [5.41, 5.74) is 3.84. The Kier molecular flexibility index (Phi) is 5.11. The summed E-state index contributed by atoms with van der Waals surface area (Å²) in [6, 6.07) is 3.15. The highest BCUT2D eigenvalue weighted by molar-refractivity contribution is 7.99. The summed E-state index contributed by atoms with van der Waals surface area (Å²) >= 11 is 1.56. The van der Waals surface area contributed by atoms with Gasteiger partial charge in [-0.25, -0.2) is 0 Å². The van der Waals surface area contributed by atoms with Crippen molar-refractivity contribution in [3.8, 4) is 0 Å². The number of carbonyl (C=O) groups is 1. The van der Waals surface area contributed by atoms with Gasteiger partial charge in [-0.2, -0.15) is 24.9 Å². The summed E-state index contributed by atoms with van der Waals surface area (Å²) in [5, 5.41) is 2.77. The largest absolute Gasteiger partial charge is 0.418 e. The monoisotopic (exact) mass is 292 g/mol. The first-order valence-corrected chi connectivity index (χ1v) is 6.82. The third-order valence-corrected chi connectivity index (χ3v) is 3.54. The molecule has 0 saturated carbocycles. The molecule has 0 bridgehead atoms. The zero-order valence-corrected chi connectivity index (χ0v) is 11.4. The number of rotatable bonds is 4. The maximum Gasteiger partial charge on any atom is 0.418 e. The molecule has 1 aromatic carbocycles. The number of alkyl halides is 3. The third-order valence-electron chi connectivity index (χ3n) is 2.57. The standard InChI is InChI=1S/C12H15F3N2OS/c1-7(19-2)6-17-11(18)8-3-4-10(16)9(5-8)12(13,14)15/h3-5,7H,6,16H2,1-2H3,(H,17,18). The van der Waals surface area contributed by atoms with Gasteiger partial charge >= 0.3 is 6.18 Å². The average Bonchev–Trinajstić information content (AvgIpc) is 2.34. The van der Waals surface area contributed by atoms with Gasteiger partial charge in [-0.3, -0.25) is 4.79 Å². The number of hydrogen-bond acceptors (Lipinski definition) is 3. The number of anilines is 1. The van der Waals surface area contributed by atoms with Crippen LogP contribution in [0.5, 0.6) is 0 Å². The van der Waals surface area contributed by atoms with Crippen LogP contribution in [0.4, 0.5) is 18.9 Å². The molecule has 3 nitrogen and oxygen atoms in total. The van der Waals surface area contributed by atoms with Crippen molar-refractivity contribution in [3.63, 3.8) is 0 Å². The molecule has 1 aromatic rings. The van der Waals surface area contributed by atoms with E-state index in [2.05, 4.69) is 5.32 Å². The van der Waals surface area contributed by atoms with Crippen LogP contribution < -0.4 is 11.1 Å². The number of nitrogens with one attached hydrogen (secondary N) is 1. The van der Waals surface area contributed by atoms with Crippen molar-refractivity contribution >= 4 is 23.4 Å². The Labute approximate surface area is 113 Å². The third kappa shape index (κ3) is 4.34. The fraction of sp³-hybridized carbons (Fsp3) is 0.417. The van der Waals surface area contributed by atoms with Gasteiger partial charge in [0, 0.05) is 23.0 Å². The predicted octanol–water partition coefficient (Wildman–Crippen LogP) is 2.77. The van der Waals surface area contributed by atoms with Crippen molar-refractivity contribution in [1.82, 2.24) is 5.32 Å². The number of amides is 1. The minimum atomic E-state index is -4.56. The van der Waals surface area contributed by atoms with Crippen LogP contribution in [-0.4, -0.2) is 24.0 Å². The van der Waals surface area contributed by atoms with Gasteiger partial charge in [-0.15, -0.1) is 0 Å². The molecule has 1 unspecified atom stereocenters. The number of nitrogens with two attached hydrogens (primary N) is 1. The number of hydrogen-bond donors (Lipinski definition) is 2. The van der Waals surface area contributed by atoms with Crippen LogP contribution in [-0.2, 0) is 6.18 Å². The first kappa shape index (κ1) is 15.7. The maximum absolute atomic E-state index is 12.6. The Balaban J connectivity index is 2.87. The van der Waals surface area contributed by atoms with Crippen LogP contribution in [0.3, 0.4) is 0 Å². The van der Waals surface area contributed by atoms with E-state index in [1.54, 1.807) is 11.8 Å². The van der Waals surface area contributed by atoms with Gasteiger partial charge in [-0.05, 0) is 24.5 Å². The second-order valence-electron chi connectivity index (χ2n) is 4.06. The number of halogens is 3. The number of thioether (sulfide) groups is 1. The Bertz CT molecular complexity index is 463. The highest BCUT2D eigenvalue weighted by Gasteiger charge is 2.33. The second kappa shape index (κ2) is 6.18. The molecule has 106 valence electrons. The quantitative estimate of drug-likeness (QED) is 0.839. The van der Waals surface area contributed by atoms with Gasteiger partial charge in [0.1, 0.15) is 0 Å². The minimum Gasteiger partial charge on any atom is -0.398 e. The molecule has 0 heterocycles. The minimum absolute atomic E-state index is 0.0465. The average molecular weight is 292 g/mol. The molecule has 0 aromatic heterocycles. The zero-order chi connectivity index (χ0) is 14.6. The number of nitrogen functional groups attached to an aromatic ring is 1. The molecule has 0 aliphatic heterocycles. The molecule has 7 heteroatoms. The lowest BCUT2D eigenvalue weighted by atomic mass is 10.1. The summed E-state index contributed by atoms with van der Waals surface area (Å²) in [6.45, 7) is 2.31. The molecular weight excluding hydrogens is 277 g/mol. The highest BCUT2D eigenvalue weighted by Crippen LogP contribution is 2.33. The van der Waals surface area contributed by atoms with Crippen molar-refractivity contribution in [3.05, 3.63) is 29.3 Å². The van der Waals surface area contributed by atoms with Crippen molar-refractivity contribution in [1.29, 1.82) is 0 Å². The lowest BCUT2D eigenvalue weighted by molar-refractivity contribution is -0.136. The first-order chi connectivity index (χ1) is 8.75. The van der Waals surface area contributed by atoms with E-state index in [0.717, 1.165) is 12.1 Å². The Morgan fingerprint density at radius 1 is 1.47 bits per heavy atom. The molecule has 19 heavy (non-hydrogen) atoms. The van der Waals surface area contributed by atoms with Gasteiger partial charge < -0.3 is 11.1 Å². The molecule has 0 radical (unpaired) electrons. The van der Waals surface area contributed by atoms with E-state index >= 15 is 0 Å². The zero-order valence-electron chi connectivity index (χ0n) is 10.5. The Morgan fingerprint density at radius 2 is 2.11 bits per heavy atom. The van der Waals surface area contributed by atoms with E-state index in [4.69, 9.17) is 5.73 Å². The van der Waals surface area contributed by atoms with Crippen LogP contribution in [0.15, 0.2) is 18.2 Å². The Hall–Kier alpha value is -1.37. The van der Waals surface area contributed by atoms with Crippen molar-refractivity contribution in [2.24, 2.45) is 0 Å². The topological polar surface area (TPSA) is 55.1 Å². The van der Waals surface area contributed by atoms with E-state index < -0.39 is 17.6 Å². The van der Waals surface area contributed by atoms with E-state index in [1.165, 1.54) is 6.07 Å². The molecule has 0 spiro atoms. The summed E-state index contributed by atoms with van der Waals surface area (Å²) in [6.07, 6.45) is -2.67. The fourth-order valence-electron chi connectivity index (χ4n) is 1.36. The van der Waals surface area contributed by atoms with Gasteiger partial charge in [0.05, 0.1) is 5.56 Å². The maximum atomic E-state index is 12.6. The van der Waals surface area contributed by atoms with E-state index in [9.17, 15) is 18.0 Å². The first-order valence-electron chi connectivity index (χ1n) is 5.53. The van der Waals surface area contributed by atoms with Crippen LogP contribution in [0.1, 0.15) is 22.8 Å². The van der Waals surface area contributed by atoms with E-state index in [0.29, 0.717) is 6.54 Å². The molecule has 1 atom stereocenters. The van der Waals surface area contributed by atoms with Crippen molar-refractivity contribution < 1.29 is 18.0 Å². The molecule has 1 amide bonds. The lowest BCUT2D eigenvalue weighted by Crippen LogP contribution is -2.29. The fourth-order valence-corrected chi connectivity index (χ4v) is 1.61. The van der Waals surface area contributed by atoms with Gasteiger partial charge in [0.2, 0.25) is 0 Å². The van der Waals surface area contributed by atoms with E-state index in [-0.39, 0.29) is 16.5 Å². The smallest absolute Gasteiger partial charge is 0.398 e. The normalized spacial score (nSPS) is 13.1. The molecule has 0 fully saturated rings. The molecule has 3 N–H and O–H groups in total. The van der Waals surface area contributed by atoms with Crippen LogP contribution in [0.2, 0.25) is 0 Å². The van der Waals surface area contributed by atoms with Gasteiger partial charge in [0.15, 0.2) is 0 Å². The van der Waals surface area contributed by atoms with Crippen molar-refractivity contribution in [2.45, 2.75) is 18.3 Å². The Morgan fingerprint density at radius 3 is 2.63 bits per heavy atom. The van der Waals surface area contributed by atoms with E-state index in [1.807, 2.05) is 13.2 Å². The predicted molar refractivity (Wildman–Crippen MR) is 71.2 cm³/mol. The summed E-state index contributed by atoms with van der Waals surface area (Å²) < 4.78 is 37.9. The number of carbonyl (C=O) groups excluding carboxylic acids is 1. The highest BCUT2D eigenvalue weighted by atomic mass is 32.2. The second-order valence-corrected chi connectivity index (χ2v) is 5.33. The molecule has 0 aliphatic rings. The molecule has 1 rings (SSSR count). The lowest BCUT2D eigenvalue weighted by Gasteiger charge is -2.13.